The third-order valence-electron chi connectivity index (χ3n) is 2.62. The number of pyridine rings is 1. The number of rotatable bonds is 2. The van der Waals surface area contributed by atoms with Gasteiger partial charge in [0.05, 0.1) is 6.04 Å². The van der Waals surface area contributed by atoms with Crippen LogP contribution < -0.4 is 5.73 Å². The molecule has 2 N–H and O–H groups in total. The van der Waals surface area contributed by atoms with Gasteiger partial charge in [0, 0.05) is 16.8 Å². The number of hydrogen-bond acceptors (Lipinski definition) is 3. The van der Waals surface area contributed by atoms with Gasteiger partial charge in [0.2, 0.25) is 0 Å². The fourth-order valence-electron chi connectivity index (χ4n) is 1.71. The van der Waals surface area contributed by atoms with Gasteiger partial charge in [0.25, 0.3) is 0 Å². The summed E-state index contributed by atoms with van der Waals surface area (Å²) in [4.78, 5) is 5.55. The first-order valence-electron chi connectivity index (χ1n) is 4.91. The lowest BCUT2D eigenvalue weighted by atomic mass is 9.99. The molecule has 78 valence electrons. The molecule has 0 aliphatic carbocycles. The summed E-state index contributed by atoms with van der Waals surface area (Å²) in [5.74, 6) is 0. The highest BCUT2D eigenvalue weighted by atomic mass is 32.1. The topological polar surface area (TPSA) is 38.9 Å². The van der Waals surface area contributed by atoms with Crippen molar-refractivity contribution in [2.24, 2.45) is 5.73 Å². The molecule has 3 heteroatoms. The van der Waals surface area contributed by atoms with Crippen LogP contribution in [0.3, 0.4) is 0 Å². The van der Waals surface area contributed by atoms with E-state index < -0.39 is 0 Å². The van der Waals surface area contributed by atoms with Gasteiger partial charge in [0.15, 0.2) is 0 Å². The van der Waals surface area contributed by atoms with Crippen molar-refractivity contribution in [1.82, 2.24) is 4.98 Å². The van der Waals surface area contributed by atoms with Crippen molar-refractivity contribution in [3.05, 3.63) is 51.5 Å². The van der Waals surface area contributed by atoms with Crippen molar-refractivity contribution >= 4 is 11.3 Å². The van der Waals surface area contributed by atoms with Crippen LogP contribution in [0, 0.1) is 13.8 Å². The van der Waals surface area contributed by atoms with Crippen molar-refractivity contribution in [1.29, 1.82) is 0 Å². The second-order valence-electron chi connectivity index (χ2n) is 3.59. The Hall–Kier alpha value is -1.19. The Morgan fingerprint density at radius 1 is 1.27 bits per heavy atom. The summed E-state index contributed by atoms with van der Waals surface area (Å²) >= 11 is 1.73. The lowest BCUT2D eigenvalue weighted by Crippen LogP contribution is -2.13. The molecule has 0 amide bonds. The highest BCUT2D eigenvalue weighted by Gasteiger charge is 2.14. The van der Waals surface area contributed by atoms with E-state index >= 15 is 0 Å². The Morgan fingerprint density at radius 2 is 2.07 bits per heavy atom. The van der Waals surface area contributed by atoms with Gasteiger partial charge < -0.3 is 5.73 Å². The van der Waals surface area contributed by atoms with E-state index in [1.165, 1.54) is 10.4 Å². The third kappa shape index (κ3) is 1.94. The van der Waals surface area contributed by atoms with Crippen LogP contribution in [0.4, 0.5) is 0 Å². The van der Waals surface area contributed by atoms with E-state index in [0.717, 1.165) is 11.3 Å². The van der Waals surface area contributed by atoms with Crippen molar-refractivity contribution in [3.8, 4) is 0 Å². The van der Waals surface area contributed by atoms with Crippen LogP contribution in [0.5, 0.6) is 0 Å². The van der Waals surface area contributed by atoms with Crippen LogP contribution in [0.1, 0.15) is 27.7 Å². The van der Waals surface area contributed by atoms with E-state index in [9.17, 15) is 0 Å². The van der Waals surface area contributed by atoms with E-state index in [4.69, 9.17) is 5.73 Å². The maximum atomic E-state index is 6.23. The Balaban J connectivity index is 2.41. The molecule has 2 aromatic heterocycles. The molecular weight excluding hydrogens is 204 g/mol. The van der Waals surface area contributed by atoms with E-state index in [2.05, 4.69) is 23.4 Å². The lowest BCUT2D eigenvalue weighted by molar-refractivity contribution is 0.846. The number of thiophene rings is 1. The molecule has 0 aliphatic rings. The first kappa shape index (κ1) is 10.3. The van der Waals surface area contributed by atoms with Gasteiger partial charge in [-0.1, -0.05) is 6.07 Å². The smallest absolute Gasteiger partial charge is 0.0580 e. The molecule has 2 heterocycles. The van der Waals surface area contributed by atoms with Crippen molar-refractivity contribution in [2.45, 2.75) is 19.9 Å². The predicted molar refractivity (Wildman–Crippen MR) is 64.1 cm³/mol. The highest BCUT2D eigenvalue weighted by Crippen LogP contribution is 2.27. The molecule has 2 rings (SSSR count). The van der Waals surface area contributed by atoms with Gasteiger partial charge >= 0.3 is 0 Å². The zero-order valence-electron chi connectivity index (χ0n) is 8.90. The highest BCUT2D eigenvalue weighted by molar-refractivity contribution is 7.10. The Kier molecular flexibility index (Phi) is 2.84. The van der Waals surface area contributed by atoms with Crippen molar-refractivity contribution in [2.75, 3.05) is 0 Å². The summed E-state index contributed by atoms with van der Waals surface area (Å²) in [6.45, 7) is 4.10. The van der Waals surface area contributed by atoms with Crippen LogP contribution in [-0.4, -0.2) is 4.98 Å². The SMILES string of the molecule is Cc1ncccc1C(N)c1ccsc1C. The molecule has 0 saturated heterocycles. The zero-order chi connectivity index (χ0) is 10.8. The van der Waals surface area contributed by atoms with E-state index in [-0.39, 0.29) is 6.04 Å². The van der Waals surface area contributed by atoms with Gasteiger partial charge in [-0.25, -0.2) is 0 Å². The van der Waals surface area contributed by atoms with Crippen LogP contribution in [0.2, 0.25) is 0 Å². The van der Waals surface area contributed by atoms with Gasteiger partial charge in [0.1, 0.15) is 0 Å². The summed E-state index contributed by atoms with van der Waals surface area (Å²) in [5.41, 5.74) is 9.55. The minimum absolute atomic E-state index is 0.0510. The second kappa shape index (κ2) is 4.13. The Labute approximate surface area is 93.8 Å². The molecule has 1 unspecified atom stereocenters. The molecule has 2 nitrogen and oxygen atoms in total. The van der Waals surface area contributed by atoms with Crippen LogP contribution in [-0.2, 0) is 0 Å². The molecule has 0 bridgehead atoms. The molecule has 0 aliphatic heterocycles. The molecule has 0 saturated carbocycles. The van der Waals surface area contributed by atoms with Crippen molar-refractivity contribution in [3.63, 3.8) is 0 Å². The van der Waals surface area contributed by atoms with Crippen LogP contribution >= 0.6 is 11.3 Å². The third-order valence-corrected chi connectivity index (χ3v) is 3.48. The van der Waals surface area contributed by atoms with Crippen LogP contribution in [0.25, 0.3) is 0 Å². The molecular formula is C12H14N2S. The largest absolute Gasteiger partial charge is 0.320 e. The first-order chi connectivity index (χ1) is 7.20. The minimum atomic E-state index is -0.0510. The van der Waals surface area contributed by atoms with Gasteiger partial charge in [-0.3, -0.25) is 4.98 Å². The normalized spacial score (nSPS) is 12.7. The number of hydrogen-bond donors (Lipinski definition) is 1. The first-order valence-corrected chi connectivity index (χ1v) is 5.79. The van der Waals surface area contributed by atoms with E-state index in [0.29, 0.717) is 0 Å². The summed E-state index contributed by atoms with van der Waals surface area (Å²) in [7, 11) is 0. The standard InChI is InChI=1S/C12H14N2S/c1-8-10(4-3-6-14-8)12(13)11-5-7-15-9(11)2/h3-7,12H,13H2,1-2H3. The summed E-state index contributed by atoms with van der Waals surface area (Å²) in [6, 6.07) is 6.02. The summed E-state index contributed by atoms with van der Waals surface area (Å²) in [6.07, 6.45) is 1.80. The summed E-state index contributed by atoms with van der Waals surface area (Å²) in [5, 5.41) is 2.08. The van der Waals surface area contributed by atoms with Crippen LogP contribution in [0.15, 0.2) is 29.8 Å². The molecule has 0 aromatic carbocycles. The fourth-order valence-corrected chi connectivity index (χ4v) is 2.46. The molecule has 0 fully saturated rings. The fraction of sp³-hybridized carbons (Fsp3) is 0.250. The average Bonchev–Trinajstić information content (AvgIpc) is 2.64. The zero-order valence-corrected chi connectivity index (χ0v) is 9.71. The Morgan fingerprint density at radius 3 is 2.67 bits per heavy atom. The number of aryl methyl sites for hydroxylation is 2. The molecule has 2 aromatic rings. The molecule has 0 spiro atoms. The monoisotopic (exact) mass is 218 g/mol. The maximum Gasteiger partial charge on any atom is 0.0580 e. The van der Waals surface area contributed by atoms with Gasteiger partial charge in [-0.15, -0.1) is 11.3 Å². The number of nitrogens with zero attached hydrogens (tertiary/aromatic N) is 1. The predicted octanol–water partition coefficient (Wildman–Crippen LogP) is 2.81. The van der Waals surface area contributed by atoms with Crippen molar-refractivity contribution < 1.29 is 0 Å². The van der Waals surface area contributed by atoms with E-state index in [1.54, 1.807) is 17.5 Å². The molecule has 1 atom stereocenters. The second-order valence-corrected chi connectivity index (χ2v) is 4.71. The minimum Gasteiger partial charge on any atom is -0.320 e. The summed E-state index contributed by atoms with van der Waals surface area (Å²) < 4.78 is 0. The quantitative estimate of drug-likeness (QED) is 0.841. The maximum absolute atomic E-state index is 6.23. The molecule has 15 heavy (non-hydrogen) atoms. The number of nitrogens with two attached hydrogens (primary N) is 1. The molecule has 0 radical (unpaired) electrons. The Bertz CT molecular complexity index is 462. The van der Waals surface area contributed by atoms with Gasteiger partial charge in [-0.2, -0.15) is 0 Å². The van der Waals surface area contributed by atoms with E-state index in [1.807, 2.05) is 19.1 Å². The lowest BCUT2D eigenvalue weighted by Gasteiger charge is -2.13. The van der Waals surface area contributed by atoms with Gasteiger partial charge in [-0.05, 0) is 42.5 Å². The number of aromatic nitrogens is 1. The average molecular weight is 218 g/mol.